The van der Waals surface area contributed by atoms with Crippen LogP contribution in [0.15, 0.2) is 45.9 Å². The maximum Gasteiger partial charge on any atom is 0.251 e. The fourth-order valence-electron chi connectivity index (χ4n) is 2.66. The number of carbonyl (C=O) groups is 2. The lowest BCUT2D eigenvalue weighted by Crippen LogP contribution is -2.34. The van der Waals surface area contributed by atoms with Crippen LogP contribution < -0.4 is 10.6 Å². The van der Waals surface area contributed by atoms with Gasteiger partial charge in [-0.3, -0.25) is 14.5 Å². The highest BCUT2D eigenvalue weighted by molar-refractivity contribution is 8.00. The Balaban J connectivity index is 1.69. The number of hydrogen-bond donors (Lipinski definition) is 2. The minimum atomic E-state index is -0.181. The smallest absolute Gasteiger partial charge is 0.251 e. The first-order valence-electron chi connectivity index (χ1n) is 8.05. The first-order chi connectivity index (χ1) is 12.0. The van der Waals surface area contributed by atoms with E-state index < -0.39 is 0 Å². The Bertz CT molecular complexity index is 774. The molecule has 1 aromatic carbocycles. The predicted octanol–water partition coefficient (Wildman–Crippen LogP) is 2.75. The van der Waals surface area contributed by atoms with Crippen LogP contribution in [0.25, 0.3) is 0 Å². The van der Waals surface area contributed by atoms with E-state index in [4.69, 9.17) is 4.42 Å². The summed E-state index contributed by atoms with van der Waals surface area (Å²) in [5.74, 6) is 0.577. The number of likely N-dealkylation sites (N-methyl/N-ethyl adjacent to an activating group) is 1. The summed E-state index contributed by atoms with van der Waals surface area (Å²) in [5.41, 5.74) is 1.21. The number of benzene rings is 1. The maximum absolute atomic E-state index is 12.5. The molecule has 0 saturated carbocycles. The van der Waals surface area contributed by atoms with Gasteiger partial charge in [-0.15, -0.1) is 11.8 Å². The average molecular weight is 359 g/mol. The summed E-state index contributed by atoms with van der Waals surface area (Å²) in [6.45, 7) is 2.29. The molecule has 2 amide bonds. The van der Waals surface area contributed by atoms with Crippen LogP contribution in [0.1, 0.15) is 29.1 Å². The van der Waals surface area contributed by atoms with Gasteiger partial charge in [0.25, 0.3) is 5.91 Å². The molecule has 2 atom stereocenters. The van der Waals surface area contributed by atoms with Gasteiger partial charge in [0, 0.05) is 17.0 Å². The Morgan fingerprint density at radius 2 is 2.20 bits per heavy atom. The van der Waals surface area contributed by atoms with E-state index in [1.165, 1.54) is 11.8 Å². The molecule has 132 valence electrons. The van der Waals surface area contributed by atoms with Crippen molar-refractivity contribution in [3.8, 4) is 0 Å². The number of rotatable bonds is 5. The Morgan fingerprint density at radius 1 is 1.40 bits per heavy atom. The summed E-state index contributed by atoms with van der Waals surface area (Å²) in [6, 6.07) is 9.05. The third-order valence-electron chi connectivity index (χ3n) is 4.12. The van der Waals surface area contributed by atoms with Crippen molar-refractivity contribution in [2.24, 2.45) is 0 Å². The molecule has 7 heteroatoms. The molecule has 1 aromatic heterocycles. The highest BCUT2D eigenvalue weighted by Crippen LogP contribution is 2.35. The van der Waals surface area contributed by atoms with Crippen molar-refractivity contribution in [3.63, 3.8) is 0 Å². The van der Waals surface area contributed by atoms with E-state index in [1.807, 2.05) is 44.1 Å². The first-order valence-corrected chi connectivity index (χ1v) is 8.93. The lowest BCUT2D eigenvalue weighted by molar-refractivity contribution is -0.115. The number of amides is 2. The summed E-state index contributed by atoms with van der Waals surface area (Å²) >= 11 is 1.50. The van der Waals surface area contributed by atoms with Crippen molar-refractivity contribution in [3.05, 3.63) is 47.9 Å². The molecule has 0 spiro atoms. The van der Waals surface area contributed by atoms with Crippen LogP contribution in [0.2, 0.25) is 0 Å². The van der Waals surface area contributed by atoms with E-state index in [1.54, 1.807) is 18.4 Å². The molecule has 0 aliphatic carbocycles. The number of nitrogens with one attached hydrogen (secondary N) is 2. The van der Waals surface area contributed by atoms with Crippen LogP contribution in [0.5, 0.6) is 0 Å². The van der Waals surface area contributed by atoms with Gasteiger partial charge in [-0.05, 0) is 51.4 Å². The zero-order valence-corrected chi connectivity index (χ0v) is 15.2. The topological polar surface area (TPSA) is 74.6 Å². The molecule has 2 aromatic rings. The third-order valence-corrected chi connectivity index (χ3v) is 5.30. The largest absolute Gasteiger partial charge is 0.468 e. The van der Waals surface area contributed by atoms with Gasteiger partial charge in [0.2, 0.25) is 5.91 Å². The lowest BCUT2D eigenvalue weighted by atomic mass is 10.1. The molecular weight excluding hydrogens is 338 g/mol. The molecule has 1 aliphatic heterocycles. The second kappa shape index (κ2) is 7.33. The molecule has 2 unspecified atom stereocenters. The lowest BCUT2D eigenvalue weighted by Gasteiger charge is -2.23. The van der Waals surface area contributed by atoms with Crippen molar-refractivity contribution in [1.82, 2.24) is 10.2 Å². The maximum atomic E-state index is 12.5. The van der Waals surface area contributed by atoms with E-state index in [-0.39, 0.29) is 23.1 Å². The summed E-state index contributed by atoms with van der Waals surface area (Å²) in [6.07, 6.45) is 1.62. The van der Waals surface area contributed by atoms with Gasteiger partial charge in [0.1, 0.15) is 5.76 Å². The summed E-state index contributed by atoms with van der Waals surface area (Å²) < 4.78 is 5.45. The minimum Gasteiger partial charge on any atom is -0.468 e. The molecule has 0 radical (unpaired) electrons. The molecular formula is C18H21N3O3S. The van der Waals surface area contributed by atoms with Crippen molar-refractivity contribution in [2.75, 3.05) is 26.0 Å². The molecule has 1 aliphatic rings. The Morgan fingerprint density at radius 3 is 2.88 bits per heavy atom. The van der Waals surface area contributed by atoms with Crippen LogP contribution in [0, 0.1) is 0 Å². The Labute approximate surface area is 151 Å². The van der Waals surface area contributed by atoms with E-state index >= 15 is 0 Å². The van der Waals surface area contributed by atoms with Crippen molar-refractivity contribution >= 4 is 29.3 Å². The quantitative estimate of drug-likeness (QED) is 0.859. The molecule has 25 heavy (non-hydrogen) atoms. The predicted molar refractivity (Wildman–Crippen MR) is 97.9 cm³/mol. The molecule has 2 heterocycles. The van der Waals surface area contributed by atoms with Gasteiger partial charge >= 0.3 is 0 Å². The van der Waals surface area contributed by atoms with Gasteiger partial charge in [-0.25, -0.2) is 0 Å². The van der Waals surface area contributed by atoms with Crippen molar-refractivity contribution in [1.29, 1.82) is 0 Å². The molecule has 0 fully saturated rings. The van der Waals surface area contributed by atoms with Gasteiger partial charge in [0.15, 0.2) is 0 Å². The summed E-state index contributed by atoms with van der Waals surface area (Å²) in [4.78, 5) is 27.3. The van der Waals surface area contributed by atoms with E-state index in [0.717, 1.165) is 10.7 Å². The Hall–Kier alpha value is -2.25. The highest BCUT2D eigenvalue weighted by atomic mass is 32.2. The standard InChI is InChI=1S/C18H21N3O3S/c1-11-17(22)20-13-9-12(6-7-16(13)25-11)18(23)19-10-14(21(2)3)15-5-4-8-24-15/h4-9,11,14H,10H2,1-3H3,(H,19,23)(H,20,22). The highest BCUT2D eigenvalue weighted by Gasteiger charge is 2.24. The van der Waals surface area contributed by atoms with Gasteiger partial charge in [-0.2, -0.15) is 0 Å². The second-order valence-corrected chi connectivity index (χ2v) is 7.55. The SMILES string of the molecule is CC1Sc2ccc(C(=O)NCC(c3ccco3)N(C)C)cc2NC1=O. The monoisotopic (exact) mass is 359 g/mol. The van der Waals surface area contributed by atoms with Gasteiger partial charge in [0.05, 0.1) is 23.2 Å². The zero-order chi connectivity index (χ0) is 18.0. The van der Waals surface area contributed by atoms with E-state index in [2.05, 4.69) is 10.6 Å². The molecule has 0 saturated heterocycles. The van der Waals surface area contributed by atoms with Crippen LogP contribution in [0.4, 0.5) is 5.69 Å². The summed E-state index contributed by atoms with van der Waals surface area (Å²) in [5, 5.41) is 5.66. The van der Waals surface area contributed by atoms with Crippen molar-refractivity contribution < 1.29 is 14.0 Å². The van der Waals surface area contributed by atoms with Crippen LogP contribution >= 0.6 is 11.8 Å². The normalized spacial score (nSPS) is 17.8. The Kier molecular flexibility index (Phi) is 5.15. The van der Waals surface area contributed by atoms with Crippen LogP contribution in [0.3, 0.4) is 0 Å². The first kappa shape index (κ1) is 17.6. The van der Waals surface area contributed by atoms with Crippen LogP contribution in [-0.4, -0.2) is 42.6 Å². The minimum absolute atomic E-state index is 0.0412. The molecule has 6 nitrogen and oxygen atoms in total. The third kappa shape index (κ3) is 3.88. The van der Waals surface area contributed by atoms with Gasteiger partial charge in [-0.1, -0.05) is 0 Å². The molecule has 3 rings (SSSR count). The fourth-order valence-corrected chi connectivity index (χ4v) is 3.59. The fraction of sp³-hybridized carbons (Fsp3) is 0.333. The number of hydrogen-bond acceptors (Lipinski definition) is 5. The zero-order valence-electron chi connectivity index (χ0n) is 14.4. The molecule has 2 N–H and O–H groups in total. The summed E-state index contributed by atoms with van der Waals surface area (Å²) in [7, 11) is 3.87. The van der Waals surface area contributed by atoms with Crippen molar-refractivity contribution in [2.45, 2.75) is 23.1 Å². The van der Waals surface area contributed by atoms with E-state index in [0.29, 0.717) is 17.8 Å². The number of carbonyl (C=O) groups excluding carboxylic acids is 2. The van der Waals surface area contributed by atoms with Gasteiger partial charge < -0.3 is 15.1 Å². The number of anilines is 1. The van der Waals surface area contributed by atoms with Crippen LogP contribution in [-0.2, 0) is 4.79 Å². The average Bonchev–Trinajstić information content (AvgIpc) is 3.09. The second-order valence-electron chi connectivity index (χ2n) is 6.17. The van der Waals surface area contributed by atoms with E-state index in [9.17, 15) is 9.59 Å². The number of furan rings is 1. The number of fused-ring (bicyclic) bond motifs is 1. The molecule has 0 bridgehead atoms. The number of nitrogens with zero attached hydrogens (tertiary/aromatic N) is 1. The number of thioether (sulfide) groups is 1.